The summed E-state index contributed by atoms with van der Waals surface area (Å²) in [5.41, 5.74) is 9.93. The van der Waals surface area contributed by atoms with E-state index in [0.29, 0.717) is 34.9 Å². The topological polar surface area (TPSA) is 99.9 Å². The molecule has 1 aliphatic heterocycles. The molecule has 31 heavy (non-hydrogen) atoms. The molecular weight excluding hydrogens is 396 g/mol. The summed E-state index contributed by atoms with van der Waals surface area (Å²) >= 11 is 0. The number of benzene rings is 3. The molecule has 3 aromatic carbocycles. The molecule has 0 aromatic heterocycles. The number of hydrogen-bond acceptors (Lipinski definition) is 5. The molecule has 0 saturated carbocycles. The van der Waals surface area contributed by atoms with E-state index in [0.717, 1.165) is 22.3 Å². The highest BCUT2D eigenvalue weighted by atomic mass is 16.5. The zero-order chi connectivity index (χ0) is 22.0. The van der Waals surface area contributed by atoms with Gasteiger partial charge in [-0.1, -0.05) is 18.2 Å². The predicted octanol–water partition coefficient (Wildman–Crippen LogP) is 3.29. The Morgan fingerprint density at radius 1 is 0.968 bits per heavy atom. The van der Waals surface area contributed by atoms with E-state index in [1.54, 1.807) is 38.5 Å². The van der Waals surface area contributed by atoms with Gasteiger partial charge in [0.2, 0.25) is 11.7 Å². The Morgan fingerprint density at radius 2 is 1.71 bits per heavy atom. The Hall–Kier alpha value is -4.00. The van der Waals surface area contributed by atoms with Crippen molar-refractivity contribution in [1.82, 2.24) is 5.32 Å². The predicted molar refractivity (Wildman–Crippen MR) is 115 cm³/mol. The van der Waals surface area contributed by atoms with Gasteiger partial charge in [-0.2, -0.15) is 0 Å². The average Bonchev–Trinajstić information content (AvgIpc) is 3.17. The van der Waals surface area contributed by atoms with Gasteiger partial charge in [-0.25, -0.2) is 0 Å². The number of carbonyl (C=O) groups is 2. The molecule has 0 radical (unpaired) electrons. The lowest BCUT2D eigenvalue weighted by Gasteiger charge is -2.18. The summed E-state index contributed by atoms with van der Waals surface area (Å²) < 4.78 is 17.2. The monoisotopic (exact) mass is 418 g/mol. The van der Waals surface area contributed by atoms with Crippen LogP contribution in [0.4, 0.5) is 0 Å². The first-order chi connectivity index (χ1) is 15.0. The maximum absolute atomic E-state index is 11.9. The van der Waals surface area contributed by atoms with Gasteiger partial charge in [-0.15, -0.1) is 0 Å². The lowest BCUT2D eigenvalue weighted by molar-refractivity contribution is 0.0964. The summed E-state index contributed by atoms with van der Waals surface area (Å²) in [6.07, 6.45) is 0. The number of ether oxygens (including phenoxy) is 3. The molecule has 0 saturated heterocycles. The maximum Gasteiger partial charge on any atom is 0.251 e. The second-order valence-electron chi connectivity index (χ2n) is 7.08. The van der Waals surface area contributed by atoms with E-state index in [1.165, 1.54) is 0 Å². The maximum atomic E-state index is 11.9. The molecule has 0 unspecified atom stereocenters. The number of nitrogens with two attached hydrogens (primary N) is 1. The number of methoxy groups -OCH3 is 2. The van der Waals surface area contributed by atoms with Crippen LogP contribution in [0.15, 0.2) is 54.6 Å². The Morgan fingerprint density at radius 3 is 2.39 bits per heavy atom. The molecular formula is C24H22N2O5. The highest BCUT2D eigenvalue weighted by Crippen LogP contribution is 2.45. The van der Waals surface area contributed by atoms with Crippen LogP contribution in [0.3, 0.4) is 0 Å². The third kappa shape index (κ3) is 3.90. The summed E-state index contributed by atoms with van der Waals surface area (Å²) in [7, 11) is 3.12. The number of rotatable bonds is 7. The normalized spacial score (nSPS) is 12.1. The number of carbonyl (C=O) groups excluding carboxylic acids is 2. The van der Waals surface area contributed by atoms with Crippen LogP contribution < -0.4 is 25.3 Å². The van der Waals surface area contributed by atoms with E-state index in [-0.39, 0.29) is 12.5 Å². The van der Waals surface area contributed by atoms with Crippen molar-refractivity contribution in [3.63, 3.8) is 0 Å². The van der Waals surface area contributed by atoms with Crippen LogP contribution in [0.2, 0.25) is 0 Å². The van der Waals surface area contributed by atoms with Gasteiger partial charge in [0, 0.05) is 23.2 Å². The standard InChI is InChI=1S/C24H22N2O5/c1-29-20-10-9-18(16-7-8-19-17(11-16)12-26-24(19)28)21(22(20)30-2)31-13-14-3-5-15(6-4-14)23(25)27/h3-11H,12-13H2,1-2H3,(H2,25,27)(H,26,28). The van der Waals surface area contributed by atoms with Crippen LogP contribution >= 0.6 is 0 Å². The van der Waals surface area contributed by atoms with Crippen molar-refractivity contribution in [1.29, 1.82) is 0 Å². The van der Waals surface area contributed by atoms with Crippen molar-refractivity contribution in [2.45, 2.75) is 13.2 Å². The molecule has 0 spiro atoms. The number of amides is 2. The Balaban J connectivity index is 1.71. The van der Waals surface area contributed by atoms with E-state index in [1.807, 2.05) is 30.3 Å². The molecule has 0 aliphatic carbocycles. The van der Waals surface area contributed by atoms with Crippen molar-refractivity contribution in [3.05, 3.63) is 76.9 Å². The first-order valence-electron chi connectivity index (χ1n) is 9.70. The molecule has 0 bridgehead atoms. The third-order valence-corrected chi connectivity index (χ3v) is 5.22. The van der Waals surface area contributed by atoms with Gasteiger partial charge in [0.25, 0.3) is 5.91 Å². The van der Waals surface area contributed by atoms with Gasteiger partial charge < -0.3 is 25.3 Å². The zero-order valence-electron chi connectivity index (χ0n) is 17.2. The summed E-state index contributed by atoms with van der Waals surface area (Å²) in [4.78, 5) is 23.2. The highest BCUT2D eigenvalue weighted by molar-refractivity contribution is 5.99. The molecule has 158 valence electrons. The van der Waals surface area contributed by atoms with Crippen LogP contribution in [0.5, 0.6) is 17.2 Å². The molecule has 3 N–H and O–H groups in total. The van der Waals surface area contributed by atoms with Gasteiger partial charge in [0.1, 0.15) is 6.61 Å². The first kappa shape index (κ1) is 20.3. The number of hydrogen-bond donors (Lipinski definition) is 2. The van der Waals surface area contributed by atoms with Gasteiger partial charge in [0.05, 0.1) is 14.2 Å². The van der Waals surface area contributed by atoms with Crippen molar-refractivity contribution < 1.29 is 23.8 Å². The summed E-state index contributed by atoms with van der Waals surface area (Å²) in [6.45, 7) is 0.748. The zero-order valence-corrected chi connectivity index (χ0v) is 17.2. The molecule has 1 aliphatic rings. The minimum Gasteiger partial charge on any atom is -0.493 e. The lowest BCUT2D eigenvalue weighted by atomic mass is 9.99. The Labute approximate surface area is 179 Å². The fourth-order valence-corrected chi connectivity index (χ4v) is 3.59. The summed E-state index contributed by atoms with van der Waals surface area (Å²) in [5, 5.41) is 2.83. The van der Waals surface area contributed by atoms with E-state index < -0.39 is 5.91 Å². The molecule has 3 aromatic rings. The van der Waals surface area contributed by atoms with E-state index >= 15 is 0 Å². The molecule has 7 nitrogen and oxygen atoms in total. The minimum absolute atomic E-state index is 0.0651. The van der Waals surface area contributed by atoms with Gasteiger partial charge in [-0.05, 0) is 53.1 Å². The molecule has 2 amide bonds. The SMILES string of the molecule is COc1ccc(-c2ccc3c(c2)CNC3=O)c(OCc2ccc(C(N)=O)cc2)c1OC. The Bertz CT molecular complexity index is 1160. The fourth-order valence-electron chi connectivity index (χ4n) is 3.59. The van der Waals surface area contributed by atoms with Crippen LogP contribution in [-0.2, 0) is 13.2 Å². The fraction of sp³-hybridized carbons (Fsp3) is 0.167. The lowest BCUT2D eigenvalue weighted by Crippen LogP contribution is -2.12. The second kappa shape index (κ2) is 8.39. The van der Waals surface area contributed by atoms with Crippen molar-refractivity contribution in [2.75, 3.05) is 14.2 Å². The molecule has 1 heterocycles. The van der Waals surface area contributed by atoms with Gasteiger partial charge >= 0.3 is 0 Å². The number of primary amides is 1. The van der Waals surface area contributed by atoms with Crippen molar-refractivity contribution >= 4 is 11.8 Å². The van der Waals surface area contributed by atoms with Crippen LogP contribution in [0, 0.1) is 0 Å². The van der Waals surface area contributed by atoms with Crippen LogP contribution in [-0.4, -0.2) is 26.0 Å². The molecule has 0 fully saturated rings. The second-order valence-corrected chi connectivity index (χ2v) is 7.08. The van der Waals surface area contributed by atoms with E-state index in [4.69, 9.17) is 19.9 Å². The third-order valence-electron chi connectivity index (χ3n) is 5.22. The minimum atomic E-state index is -0.478. The van der Waals surface area contributed by atoms with Gasteiger partial charge in [0.15, 0.2) is 11.5 Å². The first-order valence-corrected chi connectivity index (χ1v) is 9.70. The van der Waals surface area contributed by atoms with Crippen LogP contribution in [0.25, 0.3) is 11.1 Å². The van der Waals surface area contributed by atoms with E-state index in [2.05, 4.69) is 5.32 Å². The van der Waals surface area contributed by atoms with E-state index in [9.17, 15) is 9.59 Å². The van der Waals surface area contributed by atoms with Crippen molar-refractivity contribution in [2.24, 2.45) is 5.73 Å². The number of nitrogens with one attached hydrogen (secondary N) is 1. The smallest absolute Gasteiger partial charge is 0.251 e. The molecule has 0 atom stereocenters. The highest BCUT2D eigenvalue weighted by Gasteiger charge is 2.22. The van der Waals surface area contributed by atoms with Crippen LogP contribution in [0.1, 0.15) is 31.8 Å². The average molecular weight is 418 g/mol. The van der Waals surface area contributed by atoms with Gasteiger partial charge in [-0.3, -0.25) is 9.59 Å². The quantitative estimate of drug-likeness (QED) is 0.613. The summed E-state index contributed by atoms with van der Waals surface area (Å²) in [5.74, 6) is 1.00. The molecule has 4 rings (SSSR count). The number of fused-ring (bicyclic) bond motifs is 1. The molecule has 7 heteroatoms. The summed E-state index contributed by atoms with van der Waals surface area (Å²) in [6, 6.07) is 16.3. The van der Waals surface area contributed by atoms with Crippen molar-refractivity contribution in [3.8, 4) is 28.4 Å². The Kier molecular flexibility index (Phi) is 5.49. The largest absolute Gasteiger partial charge is 0.493 e.